The second-order valence-corrected chi connectivity index (χ2v) is 4.72. The molecule has 116 valence electrons. The number of hydrogen-bond donors (Lipinski definition) is 2. The van der Waals surface area contributed by atoms with Crippen LogP contribution in [0.3, 0.4) is 0 Å². The highest BCUT2D eigenvalue weighted by atomic mass is 16.5. The summed E-state index contributed by atoms with van der Waals surface area (Å²) >= 11 is 0. The van der Waals surface area contributed by atoms with E-state index in [0.717, 1.165) is 5.69 Å². The third kappa shape index (κ3) is 3.88. The van der Waals surface area contributed by atoms with Gasteiger partial charge in [0.1, 0.15) is 11.5 Å². The van der Waals surface area contributed by atoms with Gasteiger partial charge in [-0.2, -0.15) is 0 Å². The molecule has 0 saturated heterocycles. The fourth-order valence-corrected chi connectivity index (χ4v) is 1.85. The van der Waals surface area contributed by atoms with Crippen molar-refractivity contribution in [3.8, 4) is 0 Å². The first kappa shape index (κ1) is 14.6. The average molecular weight is 310 g/mol. The van der Waals surface area contributed by atoms with Crippen LogP contribution in [0.5, 0.6) is 0 Å². The van der Waals surface area contributed by atoms with Gasteiger partial charge in [0.25, 0.3) is 5.91 Å². The maximum absolute atomic E-state index is 12.1. The van der Waals surface area contributed by atoms with Gasteiger partial charge < -0.3 is 15.2 Å². The number of pyridine rings is 1. The normalized spacial score (nSPS) is 10.3. The Morgan fingerprint density at radius 1 is 1.22 bits per heavy atom. The molecule has 0 bridgehead atoms. The number of carbonyl (C=O) groups excluding carboxylic acids is 1. The average Bonchev–Trinajstić information content (AvgIpc) is 2.99. The number of carbonyl (C=O) groups is 1. The van der Waals surface area contributed by atoms with Gasteiger partial charge in [-0.3, -0.25) is 9.78 Å². The first-order valence-corrected chi connectivity index (χ1v) is 6.92. The lowest BCUT2D eigenvalue weighted by Crippen LogP contribution is -2.15. The summed E-state index contributed by atoms with van der Waals surface area (Å²) in [7, 11) is 0. The summed E-state index contributed by atoms with van der Waals surface area (Å²) in [5.41, 5.74) is 1.08. The SMILES string of the molecule is Cc1cc(NC(=O)c2ccnc(NCc3ccccn3)n2)no1. The molecule has 23 heavy (non-hydrogen) atoms. The molecule has 0 aliphatic heterocycles. The highest BCUT2D eigenvalue weighted by Gasteiger charge is 2.11. The molecule has 0 atom stereocenters. The van der Waals surface area contributed by atoms with E-state index in [-0.39, 0.29) is 11.6 Å². The quantitative estimate of drug-likeness (QED) is 0.742. The minimum Gasteiger partial charge on any atom is -0.360 e. The second kappa shape index (κ2) is 6.65. The van der Waals surface area contributed by atoms with Gasteiger partial charge in [-0.1, -0.05) is 11.2 Å². The van der Waals surface area contributed by atoms with Crippen molar-refractivity contribution in [2.75, 3.05) is 10.6 Å². The van der Waals surface area contributed by atoms with Crippen LogP contribution in [0, 0.1) is 6.92 Å². The van der Waals surface area contributed by atoms with Crippen molar-refractivity contribution >= 4 is 17.7 Å². The van der Waals surface area contributed by atoms with Crippen LogP contribution in [0.25, 0.3) is 0 Å². The number of nitrogens with zero attached hydrogens (tertiary/aromatic N) is 4. The predicted molar refractivity (Wildman–Crippen MR) is 82.8 cm³/mol. The van der Waals surface area contributed by atoms with Crippen molar-refractivity contribution in [2.45, 2.75) is 13.5 Å². The monoisotopic (exact) mass is 310 g/mol. The van der Waals surface area contributed by atoms with E-state index in [2.05, 4.69) is 30.7 Å². The molecule has 0 unspecified atom stereocenters. The Bertz CT molecular complexity index is 802. The molecule has 3 rings (SSSR count). The van der Waals surface area contributed by atoms with E-state index < -0.39 is 0 Å². The van der Waals surface area contributed by atoms with Gasteiger partial charge in [-0.05, 0) is 25.1 Å². The highest BCUT2D eigenvalue weighted by Crippen LogP contribution is 2.09. The molecule has 2 N–H and O–H groups in total. The van der Waals surface area contributed by atoms with Crippen LogP contribution in [-0.4, -0.2) is 26.0 Å². The van der Waals surface area contributed by atoms with Crippen molar-refractivity contribution in [1.82, 2.24) is 20.1 Å². The Morgan fingerprint density at radius 2 is 2.13 bits per heavy atom. The maximum Gasteiger partial charge on any atom is 0.275 e. The predicted octanol–water partition coefficient (Wildman–Crippen LogP) is 2.03. The summed E-state index contributed by atoms with van der Waals surface area (Å²) in [6.45, 7) is 2.21. The van der Waals surface area contributed by atoms with Crippen molar-refractivity contribution < 1.29 is 9.32 Å². The zero-order valence-electron chi connectivity index (χ0n) is 12.4. The van der Waals surface area contributed by atoms with E-state index in [4.69, 9.17) is 4.52 Å². The van der Waals surface area contributed by atoms with Crippen LogP contribution in [0.15, 0.2) is 47.2 Å². The molecule has 0 aliphatic carbocycles. The molecule has 0 saturated carbocycles. The van der Waals surface area contributed by atoms with Gasteiger partial charge in [0.05, 0.1) is 12.2 Å². The minimum absolute atomic E-state index is 0.226. The summed E-state index contributed by atoms with van der Waals surface area (Å²) in [6.07, 6.45) is 3.22. The lowest BCUT2D eigenvalue weighted by Gasteiger charge is -2.05. The maximum atomic E-state index is 12.1. The Labute approximate surface area is 132 Å². The van der Waals surface area contributed by atoms with E-state index in [1.54, 1.807) is 19.2 Å². The largest absolute Gasteiger partial charge is 0.360 e. The third-order valence-electron chi connectivity index (χ3n) is 2.91. The number of hydrogen-bond acceptors (Lipinski definition) is 7. The third-order valence-corrected chi connectivity index (χ3v) is 2.91. The lowest BCUT2D eigenvalue weighted by molar-refractivity contribution is 0.102. The number of aromatic nitrogens is 4. The molecular weight excluding hydrogens is 296 g/mol. The van der Waals surface area contributed by atoms with Crippen molar-refractivity contribution in [3.63, 3.8) is 0 Å². The number of nitrogens with one attached hydrogen (secondary N) is 2. The molecule has 1 amide bonds. The van der Waals surface area contributed by atoms with E-state index in [1.807, 2.05) is 18.2 Å². The summed E-state index contributed by atoms with van der Waals surface area (Å²) in [4.78, 5) is 24.6. The van der Waals surface area contributed by atoms with E-state index in [1.165, 1.54) is 12.3 Å². The number of aryl methyl sites for hydroxylation is 1. The Morgan fingerprint density at radius 3 is 2.87 bits per heavy atom. The lowest BCUT2D eigenvalue weighted by atomic mass is 10.3. The van der Waals surface area contributed by atoms with E-state index in [0.29, 0.717) is 24.1 Å². The van der Waals surface area contributed by atoms with Crippen LogP contribution < -0.4 is 10.6 Å². The van der Waals surface area contributed by atoms with Gasteiger partial charge in [0.15, 0.2) is 5.82 Å². The van der Waals surface area contributed by atoms with Crippen LogP contribution in [0.4, 0.5) is 11.8 Å². The smallest absolute Gasteiger partial charge is 0.275 e. The Balaban J connectivity index is 1.65. The number of amides is 1. The molecule has 0 fully saturated rings. The topological polar surface area (TPSA) is 106 Å². The highest BCUT2D eigenvalue weighted by molar-refractivity contribution is 6.02. The molecule has 3 aromatic rings. The van der Waals surface area contributed by atoms with Crippen molar-refractivity contribution in [2.24, 2.45) is 0 Å². The Kier molecular flexibility index (Phi) is 4.23. The molecule has 8 nitrogen and oxygen atoms in total. The summed E-state index contributed by atoms with van der Waals surface area (Å²) in [5.74, 6) is 0.913. The molecule has 0 aromatic carbocycles. The zero-order chi connectivity index (χ0) is 16.1. The van der Waals surface area contributed by atoms with Gasteiger partial charge in [-0.15, -0.1) is 0 Å². The van der Waals surface area contributed by atoms with Gasteiger partial charge in [-0.25, -0.2) is 9.97 Å². The number of anilines is 2. The second-order valence-electron chi connectivity index (χ2n) is 4.72. The fourth-order valence-electron chi connectivity index (χ4n) is 1.85. The van der Waals surface area contributed by atoms with Gasteiger partial charge in [0, 0.05) is 18.5 Å². The molecular formula is C15H14N6O2. The molecule has 0 aliphatic rings. The van der Waals surface area contributed by atoms with Gasteiger partial charge in [0.2, 0.25) is 5.95 Å². The summed E-state index contributed by atoms with van der Waals surface area (Å²) in [5, 5.41) is 9.34. The van der Waals surface area contributed by atoms with Crippen molar-refractivity contribution in [1.29, 1.82) is 0 Å². The first-order chi connectivity index (χ1) is 11.2. The fraction of sp³-hybridized carbons (Fsp3) is 0.133. The van der Waals surface area contributed by atoms with Crippen LogP contribution >= 0.6 is 0 Å². The molecule has 3 heterocycles. The molecule has 0 radical (unpaired) electrons. The number of rotatable bonds is 5. The van der Waals surface area contributed by atoms with Gasteiger partial charge >= 0.3 is 0 Å². The molecule has 8 heteroatoms. The molecule has 0 spiro atoms. The van der Waals surface area contributed by atoms with Crippen LogP contribution in [-0.2, 0) is 6.54 Å². The molecule has 3 aromatic heterocycles. The van der Waals surface area contributed by atoms with Crippen LogP contribution in [0.1, 0.15) is 21.9 Å². The first-order valence-electron chi connectivity index (χ1n) is 6.92. The minimum atomic E-state index is -0.387. The standard InChI is InChI=1S/C15H14N6O2/c1-10-8-13(21-23-10)20-14(22)12-5-7-17-15(19-12)18-9-11-4-2-3-6-16-11/h2-8H,9H2,1H3,(H,17,18,19)(H,20,21,22). The Hall–Kier alpha value is -3.29. The van der Waals surface area contributed by atoms with Crippen LogP contribution in [0.2, 0.25) is 0 Å². The van der Waals surface area contributed by atoms with Crippen molar-refractivity contribution in [3.05, 3.63) is 59.9 Å². The zero-order valence-corrected chi connectivity index (χ0v) is 12.4. The van der Waals surface area contributed by atoms with E-state index >= 15 is 0 Å². The van der Waals surface area contributed by atoms with E-state index in [9.17, 15) is 4.79 Å². The summed E-state index contributed by atoms with van der Waals surface area (Å²) in [6, 6.07) is 8.77. The summed E-state index contributed by atoms with van der Waals surface area (Å²) < 4.78 is 4.90.